The molecule has 0 amide bonds. The minimum Gasteiger partial charge on any atom is -0.652 e. The van der Waals surface area contributed by atoms with Crippen LogP contribution in [0.2, 0.25) is 0 Å². The molecule has 0 atom stereocenters. The van der Waals surface area contributed by atoms with Gasteiger partial charge in [-0.15, -0.1) is 0 Å². The molecule has 6 heteroatoms. The maximum atomic E-state index is 8.33. The molecule has 0 aromatic carbocycles. The van der Waals surface area contributed by atoms with Crippen molar-refractivity contribution in [3.63, 3.8) is 0 Å². The summed E-state index contributed by atoms with van der Waals surface area (Å²) in [6.45, 7) is 0. The van der Waals surface area contributed by atoms with E-state index in [0.29, 0.717) is 0 Å². The van der Waals surface area contributed by atoms with Crippen LogP contribution in [0.15, 0.2) is 0 Å². The van der Waals surface area contributed by atoms with Crippen molar-refractivity contribution in [2.24, 2.45) is 0 Å². The average Bonchev–Trinajstić information content (AvgIpc) is 0.811. The first-order valence-electron chi connectivity index (χ1n) is 0.612. The van der Waals surface area contributed by atoms with E-state index < -0.39 is 6.16 Å². The molecule has 0 saturated heterocycles. The van der Waals surface area contributed by atoms with E-state index in [1.165, 1.54) is 0 Å². The van der Waals surface area contributed by atoms with Crippen molar-refractivity contribution in [2.75, 3.05) is 0 Å². The molecule has 0 aliphatic carbocycles. The fourth-order valence-electron chi connectivity index (χ4n) is 0. The summed E-state index contributed by atoms with van der Waals surface area (Å²) in [6, 6.07) is 0. The first-order valence-corrected chi connectivity index (χ1v) is 0.612. The number of carbonyl (C=O) groups excluding carboxylic acids is 1. The van der Waals surface area contributed by atoms with Crippen molar-refractivity contribution in [3.05, 3.63) is 0 Å². The van der Waals surface area contributed by atoms with Gasteiger partial charge in [0.05, 0.1) is 0 Å². The standard InChI is InChI=1S/CH2O3.Cr.Mg.H2O/c2-1(3)4;;;/h(H2,2,3,4);;;1H2/q;;+2;/p-2. The molecule has 0 radical (unpaired) electrons. The van der Waals surface area contributed by atoms with E-state index in [1.807, 2.05) is 0 Å². The van der Waals surface area contributed by atoms with E-state index in [1.54, 1.807) is 0 Å². The Balaban J connectivity index is -0.0000000150. The van der Waals surface area contributed by atoms with Gasteiger partial charge >= 0.3 is 23.1 Å². The molecule has 0 aromatic heterocycles. The van der Waals surface area contributed by atoms with E-state index in [-0.39, 0.29) is 45.9 Å². The van der Waals surface area contributed by atoms with Gasteiger partial charge in [-0.3, -0.25) is 0 Å². The van der Waals surface area contributed by atoms with Gasteiger partial charge in [0.15, 0.2) is 0 Å². The van der Waals surface area contributed by atoms with Gasteiger partial charge in [-0.05, 0) is 6.16 Å². The van der Waals surface area contributed by atoms with Gasteiger partial charge in [0.2, 0.25) is 0 Å². The number of hydrogen-bond donors (Lipinski definition) is 0. The van der Waals surface area contributed by atoms with Gasteiger partial charge in [-0.1, -0.05) is 0 Å². The zero-order chi connectivity index (χ0) is 3.58. The fourth-order valence-corrected chi connectivity index (χ4v) is 0. The third-order valence-corrected chi connectivity index (χ3v) is 0. The molecule has 0 heterocycles. The Labute approximate surface area is 67.1 Å². The molecule has 2 N–H and O–H groups in total. The molecule has 0 aliphatic rings. The van der Waals surface area contributed by atoms with Crippen molar-refractivity contribution >= 4 is 29.2 Å². The quantitative estimate of drug-likeness (QED) is 0.337. The van der Waals surface area contributed by atoms with E-state index >= 15 is 0 Å². The molecule has 0 rings (SSSR count). The Bertz CT molecular complexity index is 34.7. The van der Waals surface area contributed by atoms with Crippen molar-refractivity contribution in [3.8, 4) is 0 Å². The summed E-state index contributed by atoms with van der Waals surface area (Å²) in [4.78, 5) is 8.33. The molecule has 0 bridgehead atoms. The monoisotopic (exact) mass is 154 g/mol. The largest absolute Gasteiger partial charge is 2.00 e. The number of carboxylic acid groups (broad SMARTS) is 2. The van der Waals surface area contributed by atoms with Crippen LogP contribution in [0.5, 0.6) is 0 Å². The van der Waals surface area contributed by atoms with E-state index in [4.69, 9.17) is 15.0 Å². The molecular weight excluding hydrogens is 152 g/mol. The second-order valence-electron chi connectivity index (χ2n) is 0.250. The number of rotatable bonds is 0. The average molecular weight is 154 g/mol. The summed E-state index contributed by atoms with van der Waals surface area (Å²) in [5.41, 5.74) is 0. The molecule has 0 spiro atoms. The van der Waals surface area contributed by atoms with Crippen LogP contribution in [0, 0.1) is 0 Å². The topological polar surface area (TPSA) is 94.7 Å². The third-order valence-electron chi connectivity index (χ3n) is 0. The summed E-state index contributed by atoms with van der Waals surface area (Å²) in [6.07, 6.45) is -2.33. The van der Waals surface area contributed by atoms with Gasteiger partial charge in [0, 0.05) is 17.4 Å². The first-order chi connectivity index (χ1) is 1.73. The van der Waals surface area contributed by atoms with E-state index in [2.05, 4.69) is 0 Å². The van der Waals surface area contributed by atoms with Crippen LogP contribution in [0.1, 0.15) is 0 Å². The second-order valence-corrected chi connectivity index (χ2v) is 0.250. The summed E-state index contributed by atoms with van der Waals surface area (Å²) in [5, 5.41) is 16.7. The molecule has 0 aliphatic heterocycles. The second kappa shape index (κ2) is 16.0. The summed E-state index contributed by atoms with van der Waals surface area (Å²) >= 11 is 0. The Morgan fingerprint density at radius 1 is 1.29 bits per heavy atom. The molecule has 0 unspecified atom stereocenters. The van der Waals surface area contributed by atoms with Crippen LogP contribution in [0.3, 0.4) is 0 Å². The van der Waals surface area contributed by atoms with Crippen LogP contribution >= 0.6 is 0 Å². The van der Waals surface area contributed by atoms with Gasteiger partial charge in [-0.2, -0.15) is 0 Å². The Morgan fingerprint density at radius 3 is 1.29 bits per heavy atom. The van der Waals surface area contributed by atoms with Crippen molar-refractivity contribution in [2.45, 2.75) is 0 Å². The maximum Gasteiger partial charge on any atom is 2.00 e. The van der Waals surface area contributed by atoms with Crippen molar-refractivity contribution in [1.82, 2.24) is 0 Å². The third kappa shape index (κ3) is 479. The summed E-state index contributed by atoms with van der Waals surface area (Å²) < 4.78 is 0. The Morgan fingerprint density at radius 2 is 1.29 bits per heavy atom. The molecular formula is CH2CrMgO4. The Kier molecular flexibility index (Phi) is 59.0. The molecule has 38 valence electrons. The minimum atomic E-state index is -2.33. The Hall–Kier alpha value is 0.529. The predicted octanol–water partition coefficient (Wildman–Crippen LogP) is -3.66. The van der Waals surface area contributed by atoms with Crippen LogP contribution in [-0.4, -0.2) is 34.7 Å². The fraction of sp³-hybridized carbons (Fsp3) is 0. The molecule has 4 nitrogen and oxygen atoms in total. The zero-order valence-electron chi connectivity index (χ0n) is 3.34. The molecule has 0 fully saturated rings. The molecule has 0 saturated carbocycles. The van der Waals surface area contributed by atoms with Gasteiger partial charge in [-0.25, -0.2) is 0 Å². The summed E-state index contributed by atoms with van der Waals surface area (Å²) in [5.74, 6) is 0. The number of carbonyl (C=O) groups is 1. The molecule has 0 aromatic rings. The van der Waals surface area contributed by atoms with Gasteiger partial charge in [0.1, 0.15) is 0 Å². The van der Waals surface area contributed by atoms with Gasteiger partial charge < -0.3 is 20.5 Å². The number of hydrogen-bond acceptors (Lipinski definition) is 3. The minimum absolute atomic E-state index is 0. The normalized spacial score (nSPS) is 3.43. The smallest absolute Gasteiger partial charge is 0.652 e. The predicted molar refractivity (Wildman–Crippen MR) is 14.8 cm³/mol. The first kappa shape index (κ1) is 25.8. The SMILES string of the molecule is O.O=C([O-])[O-].[Cr].[Mg+2]. The van der Waals surface area contributed by atoms with Crippen LogP contribution in [0.4, 0.5) is 4.79 Å². The van der Waals surface area contributed by atoms with Crippen LogP contribution < -0.4 is 10.2 Å². The van der Waals surface area contributed by atoms with E-state index in [9.17, 15) is 0 Å². The van der Waals surface area contributed by atoms with Crippen LogP contribution in [0.25, 0.3) is 0 Å². The summed E-state index contributed by atoms with van der Waals surface area (Å²) in [7, 11) is 0. The molecule has 7 heavy (non-hydrogen) atoms. The van der Waals surface area contributed by atoms with Crippen LogP contribution in [-0.2, 0) is 17.4 Å². The van der Waals surface area contributed by atoms with Crippen molar-refractivity contribution < 1.29 is 37.8 Å². The van der Waals surface area contributed by atoms with Gasteiger partial charge in [0.25, 0.3) is 0 Å². The maximum absolute atomic E-state index is 8.33. The van der Waals surface area contributed by atoms with E-state index in [0.717, 1.165) is 0 Å². The van der Waals surface area contributed by atoms with Crippen molar-refractivity contribution in [1.29, 1.82) is 0 Å². The zero-order valence-corrected chi connectivity index (χ0v) is 6.03.